The number of hydrogen-bond acceptors (Lipinski definition) is 4. The monoisotopic (exact) mass is 562 g/mol. The van der Waals surface area contributed by atoms with Crippen LogP contribution in [0.25, 0.3) is 10.8 Å². The summed E-state index contributed by atoms with van der Waals surface area (Å²) in [6.45, 7) is 6.63. The van der Waals surface area contributed by atoms with Gasteiger partial charge in [0.25, 0.3) is 0 Å². The van der Waals surface area contributed by atoms with Gasteiger partial charge in [0, 0.05) is 30.7 Å². The number of rotatable bonds is 8. The standard InChI is InChI=1S/C20H27BrN4O2.HI/c21-18-4-2-17-15-19(5-3-16(17)14-18)27-11-7-24-20(22)23-6-1-8-25-9-12-26-13-10-25;/h2-5,14-15H,1,6-13H2,(H3,22,23,24);1H. The predicted molar refractivity (Wildman–Crippen MR) is 129 cm³/mol. The molecule has 0 aliphatic carbocycles. The van der Waals surface area contributed by atoms with E-state index in [-0.39, 0.29) is 24.0 Å². The second-order valence-electron chi connectivity index (χ2n) is 6.50. The van der Waals surface area contributed by atoms with E-state index >= 15 is 0 Å². The lowest BCUT2D eigenvalue weighted by Crippen LogP contribution is -2.37. The first kappa shape index (κ1) is 23.2. The number of nitrogens with one attached hydrogen (secondary N) is 1. The topological polar surface area (TPSA) is 72.1 Å². The smallest absolute Gasteiger partial charge is 0.188 e. The van der Waals surface area contributed by atoms with E-state index < -0.39 is 0 Å². The fourth-order valence-corrected chi connectivity index (χ4v) is 3.39. The molecule has 1 aliphatic heterocycles. The molecule has 0 amide bonds. The Morgan fingerprint density at radius 1 is 1.18 bits per heavy atom. The molecule has 0 aromatic heterocycles. The van der Waals surface area contributed by atoms with Crippen molar-refractivity contribution in [2.75, 3.05) is 52.5 Å². The van der Waals surface area contributed by atoms with Gasteiger partial charge in [0.2, 0.25) is 0 Å². The Kier molecular flexibility index (Phi) is 10.3. The third-order valence-corrected chi connectivity index (χ3v) is 4.96. The highest BCUT2D eigenvalue weighted by Gasteiger charge is 2.08. The third kappa shape index (κ3) is 7.73. The van der Waals surface area contributed by atoms with Crippen LogP contribution in [0.2, 0.25) is 0 Å². The van der Waals surface area contributed by atoms with Gasteiger partial charge >= 0.3 is 0 Å². The van der Waals surface area contributed by atoms with Crippen molar-refractivity contribution in [2.45, 2.75) is 6.42 Å². The van der Waals surface area contributed by atoms with Crippen LogP contribution in [0, 0.1) is 0 Å². The molecule has 3 N–H and O–H groups in total. The Morgan fingerprint density at radius 3 is 2.75 bits per heavy atom. The second kappa shape index (κ2) is 12.5. The lowest BCUT2D eigenvalue weighted by Gasteiger charge is -2.26. The van der Waals surface area contributed by atoms with Gasteiger partial charge in [-0.1, -0.05) is 28.1 Å². The van der Waals surface area contributed by atoms with Crippen LogP contribution in [-0.4, -0.2) is 63.4 Å². The van der Waals surface area contributed by atoms with E-state index in [0.717, 1.165) is 61.4 Å². The van der Waals surface area contributed by atoms with E-state index in [4.69, 9.17) is 15.2 Å². The van der Waals surface area contributed by atoms with Crippen molar-refractivity contribution < 1.29 is 9.47 Å². The maximum Gasteiger partial charge on any atom is 0.188 e. The molecular formula is C20H28BrIN4O2. The van der Waals surface area contributed by atoms with Gasteiger partial charge in [0.15, 0.2) is 5.96 Å². The Hall–Kier alpha value is -1.10. The van der Waals surface area contributed by atoms with Crippen molar-refractivity contribution in [3.63, 3.8) is 0 Å². The average Bonchev–Trinajstić information content (AvgIpc) is 2.69. The molecule has 1 heterocycles. The predicted octanol–water partition coefficient (Wildman–Crippen LogP) is 3.23. The van der Waals surface area contributed by atoms with E-state index in [0.29, 0.717) is 19.1 Å². The highest BCUT2D eigenvalue weighted by molar-refractivity contribution is 14.0. The number of morpholine rings is 1. The summed E-state index contributed by atoms with van der Waals surface area (Å²) < 4.78 is 12.2. The molecule has 0 saturated carbocycles. The van der Waals surface area contributed by atoms with Gasteiger partial charge in [-0.05, 0) is 41.5 Å². The van der Waals surface area contributed by atoms with Crippen LogP contribution in [0.3, 0.4) is 0 Å². The van der Waals surface area contributed by atoms with Gasteiger partial charge < -0.3 is 20.5 Å². The van der Waals surface area contributed by atoms with Crippen molar-refractivity contribution in [3.05, 3.63) is 40.9 Å². The largest absolute Gasteiger partial charge is 0.492 e. The Bertz CT molecular complexity index is 769. The molecule has 2 aromatic carbocycles. The van der Waals surface area contributed by atoms with E-state index in [2.05, 4.69) is 49.3 Å². The molecule has 2 aromatic rings. The minimum Gasteiger partial charge on any atom is -0.492 e. The molecule has 154 valence electrons. The number of hydrogen-bond donors (Lipinski definition) is 2. The Morgan fingerprint density at radius 2 is 1.93 bits per heavy atom. The van der Waals surface area contributed by atoms with Crippen molar-refractivity contribution in [2.24, 2.45) is 10.7 Å². The first-order valence-corrected chi connectivity index (χ1v) is 10.2. The van der Waals surface area contributed by atoms with Crippen LogP contribution in [0.1, 0.15) is 6.42 Å². The molecule has 6 nitrogen and oxygen atoms in total. The van der Waals surface area contributed by atoms with Crippen LogP contribution in [0.15, 0.2) is 45.9 Å². The maximum atomic E-state index is 5.91. The van der Waals surface area contributed by atoms with Gasteiger partial charge in [-0.25, -0.2) is 0 Å². The first-order chi connectivity index (χ1) is 13.2. The fraction of sp³-hybridized carbons (Fsp3) is 0.450. The SMILES string of the molecule is I.NC(=NCCCN1CCOCC1)NCCOc1ccc2cc(Br)ccc2c1. The third-order valence-electron chi connectivity index (χ3n) is 4.47. The molecule has 0 atom stereocenters. The molecule has 1 aliphatic rings. The van der Waals surface area contributed by atoms with Gasteiger partial charge in [-0.15, -0.1) is 24.0 Å². The average molecular weight is 563 g/mol. The molecule has 28 heavy (non-hydrogen) atoms. The van der Waals surface area contributed by atoms with Crippen LogP contribution >= 0.6 is 39.9 Å². The molecule has 0 unspecified atom stereocenters. The number of nitrogens with zero attached hydrogens (tertiary/aromatic N) is 2. The summed E-state index contributed by atoms with van der Waals surface area (Å²) in [5.74, 6) is 1.33. The van der Waals surface area contributed by atoms with Crippen molar-refractivity contribution in [1.82, 2.24) is 10.2 Å². The molecule has 3 rings (SSSR count). The number of benzene rings is 2. The summed E-state index contributed by atoms with van der Waals surface area (Å²) in [7, 11) is 0. The summed E-state index contributed by atoms with van der Waals surface area (Å²) >= 11 is 3.49. The van der Waals surface area contributed by atoms with E-state index in [1.165, 1.54) is 5.39 Å². The number of ether oxygens (including phenoxy) is 2. The summed E-state index contributed by atoms with van der Waals surface area (Å²) in [6, 6.07) is 12.3. The highest BCUT2D eigenvalue weighted by Crippen LogP contribution is 2.23. The molecule has 1 fully saturated rings. The van der Waals surface area contributed by atoms with Gasteiger partial charge in [-0.2, -0.15) is 0 Å². The van der Waals surface area contributed by atoms with Gasteiger partial charge in [0.1, 0.15) is 12.4 Å². The van der Waals surface area contributed by atoms with E-state index in [1.807, 2.05) is 18.2 Å². The van der Waals surface area contributed by atoms with Crippen molar-refractivity contribution >= 4 is 56.6 Å². The number of halogens is 2. The lowest BCUT2D eigenvalue weighted by atomic mass is 10.1. The van der Waals surface area contributed by atoms with Crippen LogP contribution in [0.5, 0.6) is 5.75 Å². The van der Waals surface area contributed by atoms with Gasteiger partial charge in [0.05, 0.1) is 19.8 Å². The summed E-state index contributed by atoms with van der Waals surface area (Å²) in [5.41, 5.74) is 5.91. The van der Waals surface area contributed by atoms with Crippen molar-refractivity contribution in [1.29, 1.82) is 0 Å². The number of aliphatic imine (C=N–C) groups is 1. The maximum absolute atomic E-state index is 5.91. The second-order valence-corrected chi connectivity index (χ2v) is 7.42. The molecule has 8 heteroatoms. The van der Waals surface area contributed by atoms with Crippen LogP contribution in [-0.2, 0) is 4.74 Å². The van der Waals surface area contributed by atoms with E-state index in [1.54, 1.807) is 0 Å². The zero-order chi connectivity index (χ0) is 18.9. The van der Waals surface area contributed by atoms with Crippen LogP contribution < -0.4 is 15.8 Å². The van der Waals surface area contributed by atoms with Gasteiger partial charge in [-0.3, -0.25) is 9.89 Å². The summed E-state index contributed by atoms with van der Waals surface area (Å²) in [5, 5.41) is 5.44. The zero-order valence-electron chi connectivity index (χ0n) is 15.9. The Balaban J connectivity index is 0.00000280. The molecule has 1 saturated heterocycles. The normalized spacial score (nSPS) is 15.2. The fourth-order valence-electron chi connectivity index (χ4n) is 3.01. The number of nitrogens with two attached hydrogens (primary N) is 1. The molecular weight excluding hydrogens is 535 g/mol. The first-order valence-electron chi connectivity index (χ1n) is 9.37. The molecule has 0 spiro atoms. The quantitative estimate of drug-likeness (QED) is 0.224. The Labute approximate surface area is 192 Å². The van der Waals surface area contributed by atoms with Crippen molar-refractivity contribution in [3.8, 4) is 5.75 Å². The minimum atomic E-state index is 0. The minimum absolute atomic E-state index is 0. The lowest BCUT2D eigenvalue weighted by molar-refractivity contribution is 0.0377. The number of guanidine groups is 1. The van der Waals surface area contributed by atoms with E-state index in [9.17, 15) is 0 Å². The van der Waals surface area contributed by atoms with Crippen LogP contribution in [0.4, 0.5) is 0 Å². The number of fused-ring (bicyclic) bond motifs is 1. The summed E-state index contributed by atoms with van der Waals surface area (Å²) in [6.07, 6.45) is 1.01. The zero-order valence-corrected chi connectivity index (χ0v) is 19.8. The molecule has 0 radical (unpaired) electrons. The highest BCUT2D eigenvalue weighted by atomic mass is 127. The molecule has 0 bridgehead atoms. The summed E-state index contributed by atoms with van der Waals surface area (Å²) in [4.78, 5) is 6.77.